The van der Waals surface area contributed by atoms with Gasteiger partial charge in [0.1, 0.15) is 0 Å². The summed E-state index contributed by atoms with van der Waals surface area (Å²) in [6, 6.07) is 6.56. The molecule has 0 atom stereocenters. The van der Waals surface area contributed by atoms with E-state index in [9.17, 15) is 0 Å². The molecule has 0 N–H and O–H groups in total. The van der Waals surface area contributed by atoms with Crippen LogP contribution in [0.1, 0.15) is 50.3 Å². The average molecular weight is 311 g/mol. The van der Waals surface area contributed by atoms with E-state index in [0.29, 0.717) is 0 Å². The summed E-state index contributed by atoms with van der Waals surface area (Å²) in [5.41, 5.74) is 6.67. The SMILES string of the molecule is C=C(/C=C\C(C)=C/C)C1CC1.C=CC.Cc1cc(C)cc(C)c1. The molecule has 126 valence electrons. The molecular weight excluding hydrogens is 276 g/mol. The molecule has 0 aromatic heterocycles. The monoisotopic (exact) mass is 310 g/mol. The minimum absolute atomic E-state index is 0.802. The minimum Gasteiger partial charge on any atom is -0.103 e. The predicted molar refractivity (Wildman–Crippen MR) is 107 cm³/mol. The molecule has 1 aromatic carbocycles. The van der Waals surface area contributed by atoms with Crippen LogP contribution in [0.5, 0.6) is 0 Å². The van der Waals surface area contributed by atoms with Crippen molar-refractivity contribution in [2.75, 3.05) is 0 Å². The highest BCUT2D eigenvalue weighted by Crippen LogP contribution is 2.36. The lowest BCUT2D eigenvalue weighted by Gasteiger charge is -1.96. The number of aryl methyl sites for hydroxylation is 3. The van der Waals surface area contributed by atoms with Gasteiger partial charge in [-0.15, -0.1) is 6.58 Å². The zero-order valence-electron chi connectivity index (χ0n) is 15.9. The average Bonchev–Trinajstić information content (AvgIpc) is 3.29. The van der Waals surface area contributed by atoms with Gasteiger partial charge in [-0.05, 0) is 60.3 Å². The molecule has 0 nitrogen and oxygen atoms in total. The standard InChI is InChI=1S/C11H16.C9H12.C3H6/c1-4-9(2)5-6-10(3)11-7-8-11;1-7-4-8(2)6-9(3)5-7;1-3-2/h4-6,11H,3,7-8H2,1-2H3;4-6H,1-3H3;3H,1H2,2H3/b6-5-,9-4-;;. The number of rotatable bonds is 3. The highest BCUT2D eigenvalue weighted by molar-refractivity contribution is 5.28. The van der Waals surface area contributed by atoms with Gasteiger partial charge < -0.3 is 0 Å². The van der Waals surface area contributed by atoms with Gasteiger partial charge in [-0.2, -0.15) is 0 Å². The molecule has 0 bridgehead atoms. The van der Waals surface area contributed by atoms with Gasteiger partial charge in [-0.25, -0.2) is 0 Å². The Morgan fingerprint density at radius 2 is 1.35 bits per heavy atom. The van der Waals surface area contributed by atoms with Gasteiger partial charge >= 0.3 is 0 Å². The van der Waals surface area contributed by atoms with Gasteiger partial charge in [-0.1, -0.05) is 76.9 Å². The summed E-state index contributed by atoms with van der Waals surface area (Å²) in [5, 5.41) is 0. The molecule has 0 aliphatic heterocycles. The molecule has 0 heteroatoms. The second kappa shape index (κ2) is 11.7. The Morgan fingerprint density at radius 3 is 1.65 bits per heavy atom. The second-order valence-electron chi connectivity index (χ2n) is 6.29. The molecule has 0 radical (unpaired) electrons. The van der Waals surface area contributed by atoms with Crippen LogP contribution in [-0.4, -0.2) is 0 Å². The van der Waals surface area contributed by atoms with Crippen molar-refractivity contribution in [1.29, 1.82) is 0 Å². The summed E-state index contributed by atoms with van der Waals surface area (Å²) in [5.74, 6) is 0.802. The van der Waals surface area contributed by atoms with E-state index in [1.807, 2.05) is 6.92 Å². The summed E-state index contributed by atoms with van der Waals surface area (Å²) in [7, 11) is 0. The molecular formula is C23H34. The fourth-order valence-electron chi connectivity index (χ4n) is 2.13. The first-order valence-corrected chi connectivity index (χ1v) is 8.45. The summed E-state index contributed by atoms with van der Waals surface area (Å²) in [6.45, 7) is 19.8. The molecule has 0 amide bonds. The topological polar surface area (TPSA) is 0 Å². The van der Waals surface area contributed by atoms with Crippen LogP contribution in [0.4, 0.5) is 0 Å². The van der Waals surface area contributed by atoms with E-state index in [2.05, 4.69) is 84.2 Å². The molecule has 0 spiro atoms. The van der Waals surface area contributed by atoms with Crippen molar-refractivity contribution < 1.29 is 0 Å². The van der Waals surface area contributed by atoms with Crippen molar-refractivity contribution in [2.45, 2.75) is 54.4 Å². The van der Waals surface area contributed by atoms with Gasteiger partial charge in [0.15, 0.2) is 0 Å². The molecule has 0 saturated heterocycles. The van der Waals surface area contributed by atoms with Crippen LogP contribution in [0.15, 0.2) is 66.8 Å². The molecule has 23 heavy (non-hydrogen) atoms. The highest BCUT2D eigenvalue weighted by atomic mass is 14.3. The normalized spacial score (nSPS) is 13.6. The van der Waals surface area contributed by atoms with Crippen molar-refractivity contribution in [3.8, 4) is 0 Å². The largest absolute Gasteiger partial charge is 0.103 e. The first-order valence-electron chi connectivity index (χ1n) is 8.45. The molecule has 1 aliphatic carbocycles. The number of benzene rings is 1. The van der Waals surface area contributed by atoms with Crippen molar-refractivity contribution in [2.24, 2.45) is 5.92 Å². The van der Waals surface area contributed by atoms with Crippen LogP contribution in [0.2, 0.25) is 0 Å². The first-order chi connectivity index (χ1) is 10.8. The maximum Gasteiger partial charge on any atom is -0.0167 e. The lowest BCUT2D eigenvalue weighted by Crippen LogP contribution is -1.78. The zero-order chi connectivity index (χ0) is 17.8. The number of hydrogen-bond acceptors (Lipinski definition) is 0. The van der Waals surface area contributed by atoms with Gasteiger partial charge in [0.2, 0.25) is 0 Å². The zero-order valence-corrected chi connectivity index (χ0v) is 15.9. The highest BCUT2D eigenvalue weighted by Gasteiger charge is 2.22. The van der Waals surface area contributed by atoms with E-state index in [-0.39, 0.29) is 0 Å². The minimum atomic E-state index is 0.802. The maximum atomic E-state index is 4.01. The summed E-state index contributed by atoms with van der Waals surface area (Å²) < 4.78 is 0. The van der Waals surface area contributed by atoms with Gasteiger partial charge in [0, 0.05) is 0 Å². The van der Waals surface area contributed by atoms with Crippen LogP contribution in [0, 0.1) is 26.7 Å². The van der Waals surface area contributed by atoms with Crippen molar-refractivity contribution >= 4 is 0 Å². The smallest absolute Gasteiger partial charge is 0.0167 e. The molecule has 2 rings (SSSR count). The quantitative estimate of drug-likeness (QED) is 0.406. The molecule has 0 unspecified atom stereocenters. The van der Waals surface area contributed by atoms with Crippen molar-refractivity contribution in [3.05, 3.63) is 83.5 Å². The molecule has 1 aliphatic rings. The molecule has 1 aromatic rings. The van der Waals surface area contributed by atoms with Crippen LogP contribution >= 0.6 is 0 Å². The predicted octanol–water partition coefficient (Wildman–Crippen LogP) is 7.28. The Kier molecular flexibility index (Phi) is 10.8. The third-order valence-electron chi connectivity index (χ3n) is 3.48. The Balaban J connectivity index is 0.000000365. The van der Waals surface area contributed by atoms with Crippen LogP contribution < -0.4 is 0 Å². The fourth-order valence-corrected chi connectivity index (χ4v) is 2.13. The van der Waals surface area contributed by atoms with E-state index < -0.39 is 0 Å². The van der Waals surface area contributed by atoms with E-state index in [1.54, 1.807) is 6.08 Å². The summed E-state index contributed by atoms with van der Waals surface area (Å²) >= 11 is 0. The summed E-state index contributed by atoms with van der Waals surface area (Å²) in [4.78, 5) is 0. The van der Waals surface area contributed by atoms with Crippen LogP contribution in [-0.2, 0) is 0 Å². The Hall–Kier alpha value is -1.82. The maximum absolute atomic E-state index is 4.01. The molecule has 1 fully saturated rings. The molecule has 1 saturated carbocycles. The second-order valence-corrected chi connectivity index (χ2v) is 6.29. The third kappa shape index (κ3) is 11.4. The molecule has 0 heterocycles. The number of allylic oxidation sites excluding steroid dienone is 6. The van der Waals surface area contributed by atoms with Crippen molar-refractivity contribution in [3.63, 3.8) is 0 Å². The van der Waals surface area contributed by atoms with Crippen molar-refractivity contribution in [1.82, 2.24) is 0 Å². The van der Waals surface area contributed by atoms with Crippen LogP contribution in [0.3, 0.4) is 0 Å². The van der Waals surface area contributed by atoms with Gasteiger partial charge in [-0.3, -0.25) is 0 Å². The Morgan fingerprint density at radius 1 is 0.957 bits per heavy atom. The van der Waals surface area contributed by atoms with Gasteiger partial charge in [0.25, 0.3) is 0 Å². The Bertz CT molecular complexity index is 501. The number of hydrogen-bond donors (Lipinski definition) is 0. The van der Waals surface area contributed by atoms with E-state index >= 15 is 0 Å². The first kappa shape index (κ1) is 21.2. The Labute approximate surface area is 144 Å². The van der Waals surface area contributed by atoms with E-state index in [4.69, 9.17) is 0 Å². The third-order valence-corrected chi connectivity index (χ3v) is 3.48. The van der Waals surface area contributed by atoms with Crippen LogP contribution in [0.25, 0.3) is 0 Å². The lowest BCUT2D eigenvalue weighted by atomic mass is 10.1. The lowest BCUT2D eigenvalue weighted by molar-refractivity contribution is 1.06. The van der Waals surface area contributed by atoms with E-state index in [0.717, 1.165) is 5.92 Å². The fraction of sp³-hybridized carbons (Fsp3) is 0.391. The summed E-state index contributed by atoms with van der Waals surface area (Å²) in [6.07, 6.45) is 10.8. The van der Waals surface area contributed by atoms with Gasteiger partial charge in [0.05, 0.1) is 0 Å². The van der Waals surface area contributed by atoms with E-state index in [1.165, 1.54) is 40.7 Å².